The smallest absolute Gasteiger partial charge is 0.0884 e. The van der Waals surface area contributed by atoms with Gasteiger partial charge < -0.3 is 15.5 Å². The molecule has 2 aliphatic heterocycles. The number of aliphatic imine (C=N–C) groups is 1. The highest BCUT2D eigenvalue weighted by molar-refractivity contribution is 6.32. The summed E-state index contributed by atoms with van der Waals surface area (Å²) in [6, 6.07) is 7.61. The minimum absolute atomic E-state index is 0.174. The Kier molecular flexibility index (Phi) is 6.25. The van der Waals surface area contributed by atoms with Crippen LogP contribution in [0, 0.1) is 0 Å². The van der Waals surface area contributed by atoms with Gasteiger partial charge in [0, 0.05) is 36.1 Å². The molecule has 0 radical (unpaired) electrons. The van der Waals surface area contributed by atoms with Crippen LogP contribution in [0.25, 0.3) is 0 Å². The number of benzene rings is 1. The number of rotatable bonds is 5. The summed E-state index contributed by atoms with van der Waals surface area (Å²) >= 11 is 12.6. The zero-order chi connectivity index (χ0) is 21.3. The van der Waals surface area contributed by atoms with E-state index in [4.69, 9.17) is 33.9 Å². The van der Waals surface area contributed by atoms with E-state index in [2.05, 4.69) is 25.0 Å². The van der Waals surface area contributed by atoms with Gasteiger partial charge in [-0.1, -0.05) is 55.4 Å². The quantitative estimate of drug-likeness (QED) is 0.609. The molecule has 2 aliphatic rings. The summed E-state index contributed by atoms with van der Waals surface area (Å²) in [6.07, 6.45) is 4.85. The van der Waals surface area contributed by atoms with E-state index < -0.39 is 0 Å². The van der Waals surface area contributed by atoms with Crippen molar-refractivity contribution in [1.29, 1.82) is 0 Å². The first kappa shape index (κ1) is 21.3. The number of allylic oxidation sites excluding steroid dienone is 2. The third kappa shape index (κ3) is 4.00. The van der Waals surface area contributed by atoms with Crippen LogP contribution in [0.1, 0.15) is 31.9 Å². The van der Waals surface area contributed by atoms with E-state index in [1.807, 2.05) is 55.4 Å². The first-order chi connectivity index (χ1) is 13.8. The lowest BCUT2D eigenvalue weighted by atomic mass is 9.95. The first-order valence-electron chi connectivity index (χ1n) is 9.52. The van der Waals surface area contributed by atoms with Crippen molar-refractivity contribution in [2.45, 2.75) is 26.3 Å². The lowest BCUT2D eigenvalue weighted by molar-refractivity contribution is 0.391. The summed E-state index contributed by atoms with van der Waals surface area (Å²) in [5.74, 6) is 0. The minimum atomic E-state index is -0.174. The SMILES string of the molecule is C=C1C(Cl)=CC(N2C(=C)C(N)=C(C(C)=NCCC)C2c2ccc(Cl)cc2)=CN1C. The molecule has 0 amide bonds. The van der Waals surface area contributed by atoms with E-state index in [1.54, 1.807) is 0 Å². The van der Waals surface area contributed by atoms with Crippen molar-refractivity contribution in [3.8, 4) is 0 Å². The number of nitrogens with zero attached hydrogens (tertiary/aromatic N) is 3. The van der Waals surface area contributed by atoms with Crippen molar-refractivity contribution in [3.63, 3.8) is 0 Å². The number of likely N-dealkylation sites (N-methyl/N-ethyl adjacent to an activating group) is 1. The van der Waals surface area contributed by atoms with Gasteiger partial charge in [-0.05, 0) is 37.1 Å². The average Bonchev–Trinajstić information content (AvgIpc) is 2.95. The summed E-state index contributed by atoms with van der Waals surface area (Å²) in [6.45, 7) is 13.1. The van der Waals surface area contributed by atoms with Crippen LogP contribution in [0.15, 0.2) is 88.1 Å². The predicted octanol–water partition coefficient (Wildman–Crippen LogP) is 5.72. The van der Waals surface area contributed by atoms with Crippen molar-refractivity contribution < 1.29 is 0 Å². The van der Waals surface area contributed by atoms with E-state index in [0.717, 1.165) is 46.9 Å². The van der Waals surface area contributed by atoms with Gasteiger partial charge in [0.05, 0.1) is 33.9 Å². The first-order valence-corrected chi connectivity index (χ1v) is 10.3. The Balaban J connectivity index is 2.16. The van der Waals surface area contributed by atoms with Gasteiger partial charge in [0.2, 0.25) is 0 Å². The van der Waals surface area contributed by atoms with Crippen LogP contribution in [0.4, 0.5) is 0 Å². The monoisotopic (exact) mass is 428 g/mol. The topological polar surface area (TPSA) is 44.9 Å². The number of hydrogen-bond donors (Lipinski definition) is 1. The molecule has 1 aromatic carbocycles. The number of halogens is 2. The van der Waals surface area contributed by atoms with E-state index in [1.165, 1.54) is 0 Å². The Morgan fingerprint density at radius 1 is 1.17 bits per heavy atom. The lowest BCUT2D eigenvalue weighted by Gasteiger charge is -2.34. The molecular formula is C23H26Cl2N4. The molecule has 0 spiro atoms. The summed E-state index contributed by atoms with van der Waals surface area (Å²) in [4.78, 5) is 8.72. The third-order valence-electron chi connectivity index (χ3n) is 5.15. The Morgan fingerprint density at radius 2 is 1.83 bits per heavy atom. The van der Waals surface area contributed by atoms with E-state index in [9.17, 15) is 0 Å². The second kappa shape index (κ2) is 8.52. The fourth-order valence-corrected chi connectivity index (χ4v) is 3.94. The van der Waals surface area contributed by atoms with Crippen LogP contribution in [0.3, 0.4) is 0 Å². The zero-order valence-corrected chi connectivity index (χ0v) is 18.6. The summed E-state index contributed by atoms with van der Waals surface area (Å²) in [5, 5.41) is 1.26. The molecule has 0 saturated heterocycles. The van der Waals surface area contributed by atoms with Gasteiger partial charge in [-0.15, -0.1) is 0 Å². The molecule has 0 saturated carbocycles. The molecule has 152 valence electrons. The molecule has 0 aliphatic carbocycles. The second-order valence-electron chi connectivity index (χ2n) is 7.17. The maximum atomic E-state index is 6.57. The summed E-state index contributed by atoms with van der Waals surface area (Å²) in [7, 11) is 1.92. The van der Waals surface area contributed by atoms with Crippen LogP contribution < -0.4 is 5.73 Å². The molecule has 0 bridgehead atoms. The van der Waals surface area contributed by atoms with Crippen molar-refractivity contribution in [3.05, 3.63) is 93.7 Å². The fourth-order valence-electron chi connectivity index (χ4n) is 3.57. The fraction of sp³-hybridized carbons (Fsp3) is 0.261. The highest BCUT2D eigenvalue weighted by atomic mass is 35.5. The molecule has 1 aromatic rings. The molecule has 6 heteroatoms. The van der Waals surface area contributed by atoms with Gasteiger partial charge >= 0.3 is 0 Å². The zero-order valence-electron chi connectivity index (χ0n) is 17.0. The number of hydrogen-bond acceptors (Lipinski definition) is 4. The number of nitrogens with two attached hydrogens (primary N) is 1. The van der Waals surface area contributed by atoms with Crippen LogP contribution in [0.5, 0.6) is 0 Å². The molecule has 2 heterocycles. The maximum absolute atomic E-state index is 6.57. The van der Waals surface area contributed by atoms with Gasteiger partial charge in [0.15, 0.2) is 0 Å². The van der Waals surface area contributed by atoms with E-state index >= 15 is 0 Å². The van der Waals surface area contributed by atoms with Crippen LogP contribution in [-0.4, -0.2) is 29.1 Å². The molecule has 0 fully saturated rings. The third-order valence-corrected chi connectivity index (χ3v) is 5.73. The van der Waals surface area contributed by atoms with Gasteiger partial charge in [-0.25, -0.2) is 0 Å². The van der Waals surface area contributed by atoms with Crippen LogP contribution in [0.2, 0.25) is 5.02 Å². The molecule has 1 atom stereocenters. The molecule has 29 heavy (non-hydrogen) atoms. The average molecular weight is 429 g/mol. The van der Waals surface area contributed by atoms with Crippen LogP contribution in [-0.2, 0) is 0 Å². The normalized spacial score (nSPS) is 20.4. The highest BCUT2D eigenvalue weighted by Gasteiger charge is 2.38. The molecule has 1 unspecified atom stereocenters. The maximum Gasteiger partial charge on any atom is 0.0884 e. The van der Waals surface area contributed by atoms with Gasteiger partial charge in [-0.3, -0.25) is 4.99 Å². The van der Waals surface area contributed by atoms with Crippen molar-refractivity contribution in [1.82, 2.24) is 9.80 Å². The molecular weight excluding hydrogens is 403 g/mol. The molecule has 3 rings (SSSR count). The lowest BCUT2D eigenvalue weighted by Crippen LogP contribution is -2.28. The highest BCUT2D eigenvalue weighted by Crippen LogP contribution is 2.45. The van der Waals surface area contributed by atoms with Crippen LogP contribution >= 0.6 is 23.2 Å². The largest absolute Gasteiger partial charge is 0.397 e. The van der Waals surface area contributed by atoms with Crippen molar-refractivity contribution in [2.24, 2.45) is 10.7 Å². The van der Waals surface area contributed by atoms with Gasteiger partial charge in [0.1, 0.15) is 0 Å². The Labute approximate surface area is 183 Å². The summed E-state index contributed by atoms with van der Waals surface area (Å²) < 4.78 is 0. The Morgan fingerprint density at radius 3 is 2.41 bits per heavy atom. The van der Waals surface area contributed by atoms with E-state index in [0.29, 0.717) is 15.8 Å². The summed E-state index contributed by atoms with van der Waals surface area (Å²) in [5.41, 5.74) is 12.5. The van der Waals surface area contributed by atoms with Gasteiger partial charge in [-0.2, -0.15) is 0 Å². The standard InChI is InChI=1S/C23H26Cl2N4/c1-6-11-27-14(2)21-22(26)16(4)29(19-12-20(25)15(3)28(5)13-19)23(21)17-7-9-18(24)10-8-17/h7-10,12-13,23H,3-4,6,11,26H2,1-2,5H3. The predicted molar refractivity (Wildman–Crippen MR) is 124 cm³/mol. The molecule has 0 aromatic heterocycles. The Bertz CT molecular complexity index is 967. The van der Waals surface area contributed by atoms with Gasteiger partial charge in [0.25, 0.3) is 0 Å². The molecule has 4 nitrogen and oxygen atoms in total. The van der Waals surface area contributed by atoms with Crippen molar-refractivity contribution >= 4 is 28.9 Å². The van der Waals surface area contributed by atoms with E-state index in [-0.39, 0.29) is 6.04 Å². The second-order valence-corrected chi connectivity index (χ2v) is 8.01. The Hall–Kier alpha value is -2.43. The minimum Gasteiger partial charge on any atom is -0.397 e. The van der Waals surface area contributed by atoms with Crippen molar-refractivity contribution in [2.75, 3.05) is 13.6 Å². The molecule has 2 N–H and O–H groups in total.